The molecule has 0 aliphatic rings. The Kier molecular flexibility index (Phi) is 4.01. The fraction of sp³-hybridized carbons (Fsp3) is 0.400. The van der Waals surface area contributed by atoms with Gasteiger partial charge in [0.2, 0.25) is 0 Å². The summed E-state index contributed by atoms with van der Waals surface area (Å²) in [6, 6.07) is 0. The first kappa shape index (κ1) is 13.4. The number of hydrogen-bond donors (Lipinski definition) is 2. The minimum atomic E-state index is -0.988. The van der Waals surface area contributed by atoms with E-state index in [-0.39, 0.29) is 17.3 Å². The molecule has 6 nitrogen and oxygen atoms in total. The number of amides is 1. The van der Waals surface area contributed by atoms with Gasteiger partial charge in [-0.25, -0.2) is 9.97 Å². The van der Waals surface area contributed by atoms with Crippen LogP contribution >= 0.6 is 11.6 Å². The van der Waals surface area contributed by atoms with Crippen molar-refractivity contribution >= 4 is 23.5 Å². The molecule has 0 bridgehead atoms. The van der Waals surface area contributed by atoms with Gasteiger partial charge in [-0.3, -0.25) is 9.59 Å². The minimum absolute atomic E-state index is 0.0906. The molecule has 0 aliphatic carbocycles. The monoisotopic (exact) mass is 257 g/mol. The molecule has 17 heavy (non-hydrogen) atoms. The number of aliphatic carboxylic acids is 1. The predicted molar refractivity (Wildman–Crippen MR) is 60.8 cm³/mol. The molecule has 0 saturated carbocycles. The largest absolute Gasteiger partial charge is 0.481 e. The van der Waals surface area contributed by atoms with Gasteiger partial charge in [-0.15, -0.1) is 0 Å². The van der Waals surface area contributed by atoms with E-state index in [1.807, 2.05) is 0 Å². The number of nitrogens with one attached hydrogen (secondary N) is 1. The van der Waals surface area contributed by atoms with E-state index >= 15 is 0 Å². The summed E-state index contributed by atoms with van der Waals surface area (Å²) < 4.78 is 0. The Balaban J connectivity index is 2.72. The Morgan fingerprint density at radius 1 is 1.41 bits per heavy atom. The third kappa shape index (κ3) is 4.36. The average molecular weight is 258 g/mol. The quantitative estimate of drug-likeness (QED) is 0.843. The Morgan fingerprint density at radius 2 is 2.06 bits per heavy atom. The van der Waals surface area contributed by atoms with Crippen molar-refractivity contribution in [2.75, 3.05) is 0 Å². The highest BCUT2D eigenvalue weighted by Crippen LogP contribution is 2.09. The maximum absolute atomic E-state index is 11.7. The normalized spacial score (nSPS) is 11.0. The van der Waals surface area contributed by atoms with Gasteiger partial charge in [-0.05, 0) is 13.8 Å². The molecule has 0 spiro atoms. The Morgan fingerprint density at radius 3 is 2.53 bits per heavy atom. The van der Waals surface area contributed by atoms with Crippen LogP contribution in [0.2, 0.25) is 5.15 Å². The molecule has 0 aliphatic heterocycles. The lowest BCUT2D eigenvalue weighted by atomic mass is 10.0. The van der Waals surface area contributed by atoms with Gasteiger partial charge in [-0.2, -0.15) is 0 Å². The predicted octanol–water partition coefficient (Wildman–Crippen LogP) is 1.11. The van der Waals surface area contributed by atoms with E-state index in [1.165, 1.54) is 12.4 Å². The van der Waals surface area contributed by atoms with E-state index < -0.39 is 17.4 Å². The number of carboxylic acid groups (broad SMARTS) is 1. The third-order valence-corrected chi connectivity index (χ3v) is 2.09. The van der Waals surface area contributed by atoms with Crippen molar-refractivity contribution in [3.8, 4) is 0 Å². The van der Waals surface area contributed by atoms with E-state index in [2.05, 4.69) is 15.3 Å². The molecular formula is C10H12ClN3O3. The summed E-state index contributed by atoms with van der Waals surface area (Å²) in [7, 11) is 0. The molecule has 2 N–H and O–H groups in total. The van der Waals surface area contributed by atoms with E-state index in [9.17, 15) is 9.59 Å². The summed E-state index contributed by atoms with van der Waals surface area (Å²) in [5, 5.41) is 11.4. The van der Waals surface area contributed by atoms with E-state index in [0.717, 1.165) is 0 Å². The molecular weight excluding hydrogens is 246 g/mol. The van der Waals surface area contributed by atoms with Gasteiger partial charge in [0.1, 0.15) is 10.8 Å². The zero-order chi connectivity index (χ0) is 13.1. The summed E-state index contributed by atoms with van der Waals surface area (Å²) in [5.41, 5.74) is -0.766. The number of nitrogens with zero attached hydrogens (tertiary/aromatic N) is 2. The number of halogens is 1. The van der Waals surface area contributed by atoms with Crippen LogP contribution in [0.25, 0.3) is 0 Å². The highest BCUT2D eigenvalue weighted by molar-refractivity contribution is 6.29. The van der Waals surface area contributed by atoms with Gasteiger partial charge in [0.25, 0.3) is 5.91 Å². The van der Waals surface area contributed by atoms with E-state index in [1.54, 1.807) is 13.8 Å². The van der Waals surface area contributed by atoms with Crippen molar-refractivity contribution in [2.45, 2.75) is 25.8 Å². The number of rotatable bonds is 4. The molecule has 92 valence electrons. The Bertz CT molecular complexity index is 431. The van der Waals surface area contributed by atoms with Gasteiger partial charge in [-0.1, -0.05) is 11.6 Å². The van der Waals surface area contributed by atoms with Crippen LogP contribution in [0.1, 0.15) is 30.8 Å². The van der Waals surface area contributed by atoms with Gasteiger partial charge >= 0.3 is 5.97 Å². The van der Waals surface area contributed by atoms with Gasteiger partial charge in [0.05, 0.1) is 18.8 Å². The van der Waals surface area contributed by atoms with Crippen LogP contribution in [0.15, 0.2) is 12.4 Å². The van der Waals surface area contributed by atoms with Crippen molar-refractivity contribution in [3.05, 3.63) is 23.2 Å². The van der Waals surface area contributed by atoms with Gasteiger partial charge in [0, 0.05) is 5.54 Å². The molecule has 0 aromatic carbocycles. The fourth-order valence-electron chi connectivity index (χ4n) is 1.22. The van der Waals surface area contributed by atoms with Crippen LogP contribution in [-0.2, 0) is 4.79 Å². The molecule has 0 radical (unpaired) electrons. The van der Waals surface area contributed by atoms with Crippen LogP contribution in [0.4, 0.5) is 0 Å². The fourth-order valence-corrected chi connectivity index (χ4v) is 1.32. The second-order valence-electron chi connectivity index (χ2n) is 4.13. The molecule has 0 atom stereocenters. The van der Waals surface area contributed by atoms with Crippen molar-refractivity contribution in [1.82, 2.24) is 15.3 Å². The maximum Gasteiger partial charge on any atom is 0.305 e. The average Bonchev–Trinajstić information content (AvgIpc) is 2.15. The van der Waals surface area contributed by atoms with Crippen LogP contribution in [-0.4, -0.2) is 32.5 Å². The van der Waals surface area contributed by atoms with E-state index in [4.69, 9.17) is 16.7 Å². The van der Waals surface area contributed by atoms with Crippen LogP contribution in [0.3, 0.4) is 0 Å². The highest BCUT2D eigenvalue weighted by atomic mass is 35.5. The summed E-state index contributed by atoms with van der Waals surface area (Å²) in [5.74, 6) is -1.47. The zero-order valence-electron chi connectivity index (χ0n) is 9.40. The van der Waals surface area contributed by atoms with Crippen LogP contribution in [0.5, 0.6) is 0 Å². The minimum Gasteiger partial charge on any atom is -0.481 e. The molecule has 0 fully saturated rings. The lowest BCUT2D eigenvalue weighted by Crippen LogP contribution is -2.45. The zero-order valence-corrected chi connectivity index (χ0v) is 10.2. The van der Waals surface area contributed by atoms with Crippen molar-refractivity contribution < 1.29 is 14.7 Å². The highest BCUT2D eigenvalue weighted by Gasteiger charge is 2.24. The third-order valence-electron chi connectivity index (χ3n) is 1.90. The summed E-state index contributed by atoms with van der Waals surface area (Å²) in [4.78, 5) is 29.8. The second-order valence-corrected chi connectivity index (χ2v) is 4.52. The van der Waals surface area contributed by atoms with Gasteiger partial charge in [0.15, 0.2) is 0 Å². The number of aromatic nitrogens is 2. The van der Waals surface area contributed by atoms with Crippen molar-refractivity contribution in [3.63, 3.8) is 0 Å². The molecule has 0 saturated heterocycles. The van der Waals surface area contributed by atoms with Crippen molar-refractivity contribution in [1.29, 1.82) is 0 Å². The SMILES string of the molecule is CC(C)(CC(=O)O)NC(=O)c1cnc(Cl)cn1. The summed E-state index contributed by atoms with van der Waals surface area (Å²) >= 11 is 5.54. The Labute approximate surface area is 103 Å². The molecule has 1 rings (SSSR count). The molecule has 1 aromatic rings. The number of carboxylic acids is 1. The number of hydrogen-bond acceptors (Lipinski definition) is 4. The maximum atomic E-state index is 11.7. The molecule has 1 heterocycles. The first-order valence-corrected chi connectivity index (χ1v) is 5.20. The van der Waals surface area contributed by atoms with Crippen LogP contribution < -0.4 is 5.32 Å². The molecule has 1 aromatic heterocycles. The standard InChI is InChI=1S/C10H12ClN3O3/c1-10(2,3-8(15)16)14-9(17)6-4-13-7(11)5-12-6/h4-5H,3H2,1-2H3,(H,14,17)(H,15,16). The van der Waals surface area contributed by atoms with E-state index in [0.29, 0.717) is 0 Å². The number of carbonyl (C=O) groups is 2. The lowest BCUT2D eigenvalue weighted by Gasteiger charge is -2.23. The lowest BCUT2D eigenvalue weighted by molar-refractivity contribution is -0.138. The molecule has 0 unspecified atom stereocenters. The molecule has 1 amide bonds. The topological polar surface area (TPSA) is 92.2 Å². The number of carbonyl (C=O) groups excluding carboxylic acids is 1. The smallest absolute Gasteiger partial charge is 0.305 e. The summed E-state index contributed by atoms with van der Waals surface area (Å²) in [6.07, 6.45) is 2.30. The first-order chi connectivity index (χ1) is 7.80. The van der Waals surface area contributed by atoms with Crippen molar-refractivity contribution in [2.24, 2.45) is 0 Å². The first-order valence-electron chi connectivity index (χ1n) is 4.82. The van der Waals surface area contributed by atoms with Gasteiger partial charge < -0.3 is 10.4 Å². The molecule has 7 heteroatoms. The second kappa shape index (κ2) is 5.09. The summed E-state index contributed by atoms with van der Waals surface area (Å²) in [6.45, 7) is 3.23. The Hall–Kier alpha value is -1.69. The van der Waals surface area contributed by atoms with Crippen LogP contribution in [0, 0.1) is 0 Å².